The molecule has 12 amide bonds. The summed E-state index contributed by atoms with van der Waals surface area (Å²) >= 11 is 0. The van der Waals surface area contributed by atoms with Crippen LogP contribution in [0, 0.1) is 29.1 Å². The first-order valence-electron chi connectivity index (χ1n) is 33.1. The number of amides is 12. The molecule has 2 saturated heterocycles. The van der Waals surface area contributed by atoms with Crippen molar-refractivity contribution in [2.24, 2.45) is 34.8 Å². The third-order valence-electron chi connectivity index (χ3n) is 18.4. The summed E-state index contributed by atoms with van der Waals surface area (Å²) in [6.07, 6.45) is 1.40. The minimum atomic E-state index is -1.09. The van der Waals surface area contributed by atoms with E-state index in [-0.39, 0.29) is 81.3 Å². The van der Waals surface area contributed by atoms with Gasteiger partial charge in [-0.1, -0.05) is 118 Å². The molecule has 2 aliphatic rings. The first kappa shape index (κ1) is 78.7. The van der Waals surface area contributed by atoms with E-state index in [1.165, 1.54) is 31.1 Å². The largest absolute Gasteiger partial charge is 0.445 e. The first-order chi connectivity index (χ1) is 44.4. The zero-order valence-electron chi connectivity index (χ0n) is 57.8. The molecule has 0 saturated carbocycles. The van der Waals surface area contributed by atoms with Crippen LogP contribution in [0.2, 0.25) is 0 Å². The number of benzene rings is 2. The zero-order valence-corrected chi connectivity index (χ0v) is 57.8. The smallest absolute Gasteiger partial charge is 0.410 e. The highest BCUT2D eigenvalue weighted by molar-refractivity contribution is 6.05. The van der Waals surface area contributed by atoms with Gasteiger partial charge >= 0.3 is 12.1 Å². The molecule has 26 heteroatoms. The SMILES string of the molecule is CC[C@H](C)[C@@H]([C@@H](CC(=O)N1CCC[C@H]1[C@H](OC)[C@@H](C)C(=O)N[C@H](C)[C@@H](O)c1ccccc1)OC)N(C)C(=O)[C@@H](NC(=O)C(C(C)C)N(C)C(=O)OCc1ccc(NC(=O)[C@H](CCCNC(N)=O)NC(=O)CNC(=O)CCCCCN2C(=O)CC(C)(CC)C2=O)cc1)C(C)C. The lowest BCUT2D eigenvalue weighted by molar-refractivity contribution is -0.148. The van der Waals surface area contributed by atoms with Crippen molar-refractivity contribution in [3.05, 3.63) is 65.7 Å². The van der Waals surface area contributed by atoms with Gasteiger partial charge in [-0.3, -0.25) is 53.0 Å². The van der Waals surface area contributed by atoms with Gasteiger partial charge in [0.15, 0.2) is 0 Å². The maximum absolute atomic E-state index is 14.8. The first-order valence-corrected chi connectivity index (χ1v) is 33.1. The molecular weight excluding hydrogens is 1210 g/mol. The lowest BCUT2D eigenvalue weighted by Crippen LogP contribution is -2.60. The normalized spacial score (nSPS) is 18.8. The van der Waals surface area contributed by atoms with E-state index in [0.29, 0.717) is 68.3 Å². The third kappa shape index (κ3) is 22.5. The van der Waals surface area contributed by atoms with Crippen LogP contribution >= 0.6 is 0 Å². The molecule has 2 unspecified atom stereocenters. The monoisotopic (exact) mass is 1320 g/mol. The quantitative estimate of drug-likeness (QED) is 0.0312. The number of carbonyl (C=O) groups is 11. The molecule has 4 rings (SSSR count). The van der Waals surface area contributed by atoms with E-state index in [4.69, 9.17) is 19.9 Å². The molecule has 0 aliphatic carbocycles. The fraction of sp³-hybridized carbons (Fsp3) is 0.662. The number of nitrogens with one attached hydrogen (secondary N) is 6. The number of aliphatic hydroxyl groups excluding tert-OH is 1. The van der Waals surface area contributed by atoms with Crippen molar-refractivity contribution in [3.8, 4) is 0 Å². The summed E-state index contributed by atoms with van der Waals surface area (Å²) < 4.78 is 17.7. The maximum Gasteiger partial charge on any atom is 0.410 e. The average molecular weight is 1320 g/mol. The van der Waals surface area contributed by atoms with E-state index in [1.807, 2.05) is 39.0 Å². The molecule has 2 fully saturated rings. The van der Waals surface area contributed by atoms with Gasteiger partial charge in [-0.2, -0.15) is 0 Å². The van der Waals surface area contributed by atoms with Gasteiger partial charge in [0.1, 0.15) is 24.7 Å². The van der Waals surface area contributed by atoms with Crippen molar-refractivity contribution < 1.29 is 72.1 Å². The van der Waals surface area contributed by atoms with E-state index >= 15 is 0 Å². The molecule has 0 radical (unpaired) electrons. The van der Waals surface area contributed by atoms with Crippen molar-refractivity contribution >= 4 is 71.0 Å². The van der Waals surface area contributed by atoms with E-state index in [0.717, 1.165) is 0 Å². The van der Waals surface area contributed by atoms with Gasteiger partial charge in [0.25, 0.3) is 0 Å². The highest BCUT2D eigenvalue weighted by atomic mass is 16.6. The number of carbonyl (C=O) groups excluding carboxylic acids is 11. The van der Waals surface area contributed by atoms with Gasteiger partial charge in [0.05, 0.1) is 60.7 Å². The number of anilines is 1. The van der Waals surface area contributed by atoms with E-state index in [1.54, 1.807) is 102 Å². The number of nitrogens with two attached hydrogens (primary N) is 1. The molecule has 26 nitrogen and oxygen atoms in total. The highest BCUT2D eigenvalue weighted by Crippen LogP contribution is 2.36. The van der Waals surface area contributed by atoms with Crippen molar-refractivity contribution in [1.82, 2.24) is 46.2 Å². The summed E-state index contributed by atoms with van der Waals surface area (Å²) in [5.74, 6) is -5.28. The van der Waals surface area contributed by atoms with Crippen molar-refractivity contribution in [2.45, 2.75) is 207 Å². The predicted molar refractivity (Wildman–Crippen MR) is 354 cm³/mol. The standard InChI is InChI=1S/C68H107N11O15/c1-15-43(7)58(51(92-13)37-54(82)78-36-24-28-50(78)60(93-14)44(8)61(85)72-45(9)59(84)47-25-19-17-20-26-47)76(11)64(88)56(41(3)4)75-63(87)57(42(5)6)77(12)67(91)94-40-46-30-32-48(33-31-46)73-62(86)49(27-23-34-70-66(69)90)74-53(81)39-71-52(80)29-21-18-22-35-79-55(83)38-68(10,16-2)65(79)89/h17,19-20,25-26,30-33,41-45,49-51,56-60,84H,15-16,18,21-24,27-29,34-40H2,1-14H3,(H,71,80)(H,72,85)(H,73,86)(H,74,81)(H,75,87)(H3,69,70,90)/t43-,44+,45+,49-,50-,51+,56-,57?,58-,59+,60+,68?/m0/s1. The average Bonchev–Trinajstić information content (AvgIpc) is 1.59. The summed E-state index contributed by atoms with van der Waals surface area (Å²) in [6.45, 7) is 18.4. The number of likely N-dealkylation sites (tertiary alicyclic amines) is 2. The maximum atomic E-state index is 14.8. The van der Waals surface area contributed by atoms with Gasteiger partial charge in [0.2, 0.25) is 53.2 Å². The molecule has 2 aliphatic heterocycles. The Morgan fingerprint density at radius 1 is 0.777 bits per heavy atom. The number of methoxy groups -OCH3 is 2. The Morgan fingerprint density at radius 2 is 1.45 bits per heavy atom. The Labute approximate surface area is 555 Å². The van der Waals surface area contributed by atoms with Gasteiger partial charge in [0, 0.05) is 66.5 Å². The summed E-state index contributed by atoms with van der Waals surface area (Å²) in [6, 6.07) is 9.76. The minimum Gasteiger partial charge on any atom is -0.445 e. The number of hydrogen-bond acceptors (Lipinski definition) is 15. The predicted octanol–water partition coefficient (Wildman–Crippen LogP) is 5.30. The number of likely N-dealkylation sites (N-methyl/N-ethyl adjacent to an activating group) is 2. The summed E-state index contributed by atoms with van der Waals surface area (Å²) in [5, 5.41) is 27.2. The van der Waals surface area contributed by atoms with Crippen LogP contribution in [0.3, 0.4) is 0 Å². The fourth-order valence-electron chi connectivity index (χ4n) is 12.3. The van der Waals surface area contributed by atoms with Crippen LogP contribution in [0.4, 0.5) is 15.3 Å². The summed E-state index contributed by atoms with van der Waals surface area (Å²) in [7, 11) is 6.08. The van der Waals surface area contributed by atoms with Crippen LogP contribution in [0.5, 0.6) is 0 Å². The molecule has 2 aromatic rings. The second-order valence-electron chi connectivity index (χ2n) is 26.1. The molecular formula is C68H107N11O15. The number of ether oxygens (including phenoxy) is 3. The Hall–Kier alpha value is -7.71. The number of rotatable bonds is 38. The van der Waals surface area contributed by atoms with Crippen LogP contribution in [0.1, 0.15) is 164 Å². The molecule has 2 aromatic carbocycles. The highest BCUT2D eigenvalue weighted by Gasteiger charge is 2.47. The van der Waals surface area contributed by atoms with Crippen LogP contribution in [0.15, 0.2) is 54.6 Å². The minimum absolute atomic E-state index is 0.0911. The van der Waals surface area contributed by atoms with Gasteiger partial charge in [-0.25, -0.2) is 9.59 Å². The molecule has 2 heterocycles. The third-order valence-corrected chi connectivity index (χ3v) is 18.4. The lowest BCUT2D eigenvalue weighted by Gasteiger charge is -2.41. The van der Waals surface area contributed by atoms with E-state index in [2.05, 4.69) is 31.9 Å². The van der Waals surface area contributed by atoms with Crippen LogP contribution < -0.4 is 37.6 Å². The molecule has 9 N–H and O–H groups in total. The number of aliphatic hydroxyl groups is 1. The number of primary amides is 1. The van der Waals surface area contributed by atoms with Crippen LogP contribution in [-0.2, 0) is 64.0 Å². The van der Waals surface area contributed by atoms with Crippen molar-refractivity contribution in [2.75, 3.05) is 59.8 Å². The molecule has 0 bridgehead atoms. The Balaban J connectivity index is 1.34. The Morgan fingerprint density at radius 3 is 2.03 bits per heavy atom. The number of urea groups is 1. The molecule has 94 heavy (non-hydrogen) atoms. The fourth-order valence-corrected chi connectivity index (χ4v) is 12.3. The molecule has 12 atom stereocenters. The Bertz CT molecular complexity index is 2860. The van der Waals surface area contributed by atoms with E-state index in [9.17, 15) is 57.8 Å². The second kappa shape index (κ2) is 38.0. The lowest BCUT2D eigenvalue weighted by atomic mass is 9.86. The topological polar surface area (TPSA) is 347 Å². The summed E-state index contributed by atoms with van der Waals surface area (Å²) in [5.41, 5.74) is 6.07. The van der Waals surface area contributed by atoms with Gasteiger partial charge < -0.3 is 66.8 Å². The number of imide groups is 1. The van der Waals surface area contributed by atoms with Crippen molar-refractivity contribution in [1.29, 1.82) is 0 Å². The zero-order chi connectivity index (χ0) is 70.1. The van der Waals surface area contributed by atoms with Crippen LogP contribution in [-0.4, -0.2) is 193 Å². The number of hydrogen-bond donors (Lipinski definition) is 8. The Kier molecular flexibility index (Phi) is 31.8. The van der Waals surface area contributed by atoms with Crippen molar-refractivity contribution in [3.63, 3.8) is 0 Å². The molecule has 0 aromatic heterocycles. The number of unbranched alkanes of at least 4 members (excludes halogenated alkanes) is 2. The second-order valence-corrected chi connectivity index (χ2v) is 26.1. The van der Waals surface area contributed by atoms with Gasteiger partial charge in [-0.05, 0) is 92.9 Å². The van der Waals surface area contributed by atoms with Crippen LogP contribution in [0.25, 0.3) is 0 Å². The number of nitrogens with zero attached hydrogens (tertiary/aromatic N) is 4. The molecule has 524 valence electrons. The van der Waals surface area contributed by atoms with Gasteiger partial charge in [-0.15, -0.1) is 0 Å². The summed E-state index contributed by atoms with van der Waals surface area (Å²) in [4.78, 5) is 153. The molecule has 0 spiro atoms. The van der Waals surface area contributed by atoms with E-state index < -0.39 is 126 Å².